The quantitative estimate of drug-likeness (QED) is 0.439. The Labute approximate surface area is 182 Å². The van der Waals surface area contributed by atoms with Crippen LogP contribution in [0.4, 0.5) is 5.82 Å². The van der Waals surface area contributed by atoms with Crippen molar-refractivity contribution in [3.63, 3.8) is 0 Å². The highest BCUT2D eigenvalue weighted by Gasteiger charge is 2.19. The van der Waals surface area contributed by atoms with Gasteiger partial charge in [0.25, 0.3) is 5.91 Å². The van der Waals surface area contributed by atoms with E-state index >= 15 is 0 Å². The van der Waals surface area contributed by atoms with E-state index in [0.29, 0.717) is 32.2 Å². The average Bonchev–Trinajstić information content (AvgIpc) is 3.31. The number of nitrogens with one attached hydrogen (secondary N) is 2. The van der Waals surface area contributed by atoms with E-state index in [9.17, 15) is 4.79 Å². The van der Waals surface area contributed by atoms with Gasteiger partial charge in [-0.15, -0.1) is 11.3 Å². The third-order valence-electron chi connectivity index (χ3n) is 4.43. The Balaban J connectivity index is 1.45. The van der Waals surface area contributed by atoms with Crippen molar-refractivity contribution < 1.29 is 9.53 Å². The van der Waals surface area contributed by atoms with Crippen LogP contribution in [0.25, 0.3) is 11.3 Å². The van der Waals surface area contributed by atoms with Crippen molar-refractivity contribution in [1.29, 1.82) is 0 Å². The highest BCUT2D eigenvalue weighted by Crippen LogP contribution is 2.27. The van der Waals surface area contributed by atoms with Crippen LogP contribution < -0.4 is 10.1 Å². The van der Waals surface area contributed by atoms with Crippen LogP contribution in [0, 0.1) is 13.8 Å². The van der Waals surface area contributed by atoms with E-state index in [-0.39, 0.29) is 12.5 Å². The molecule has 2 N–H and O–H groups in total. The lowest BCUT2D eigenvalue weighted by atomic mass is 10.1. The first kappa shape index (κ1) is 20.1. The van der Waals surface area contributed by atoms with Crippen LogP contribution in [-0.2, 0) is 6.61 Å². The van der Waals surface area contributed by atoms with Crippen LogP contribution >= 0.6 is 22.9 Å². The average molecular weight is 440 g/mol. The van der Waals surface area contributed by atoms with E-state index in [1.165, 1.54) is 11.3 Å². The minimum Gasteiger partial charge on any atom is -0.486 e. The first-order valence-electron chi connectivity index (χ1n) is 9.12. The number of carbonyl (C=O) groups excluding carboxylic acids is 1. The molecule has 3 heterocycles. The number of nitrogens with zero attached hydrogens (tertiary/aromatic N) is 3. The molecule has 0 atom stereocenters. The number of H-pyrrole nitrogens is 1. The van der Waals surface area contributed by atoms with Crippen LogP contribution in [-0.4, -0.2) is 26.1 Å². The molecule has 0 radical (unpaired) electrons. The van der Waals surface area contributed by atoms with Crippen molar-refractivity contribution in [2.75, 3.05) is 5.32 Å². The number of hydrogen-bond acceptors (Lipinski definition) is 6. The third-order valence-corrected chi connectivity index (χ3v) is 5.82. The summed E-state index contributed by atoms with van der Waals surface area (Å²) < 4.78 is 5.72. The molecule has 0 fully saturated rings. The molecule has 3 aromatic heterocycles. The number of hydrogen-bond donors (Lipinski definition) is 2. The molecule has 4 aromatic rings. The van der Waals surface area contributed by atoms with Gasteiger partial charge in [0.1, 0.15) is 22.2 Å². The Hall–Kier alpha value is -3.23. The fourth-order valence-electron chi connectivity index (χ4n) is 2.88. The first-order valence-corrected chi connectivity index (χ1v) is 10.3. The number of aromatic amines is 1. The molecule has 7 nitrogen and oxygen atoms in total. The van der Waals surface area contributed by atoms with Gasteiger partial charge in [0.05, 0.1) is 11.4 Å². The number of benzene rings is 1. The lowest BCUT2D eigenvalue weighted by molar-refractivity contribution is 0.102. The molecule has 4 rings (SSSR count). The predicted octanol–water partition coefficient (Wildman–Crippen LogP) is 5.03. The number of carbonyl (C=O) groups is 1. The number of aryl methyl sites for hydroxylation is 1. The van der Waals surface area contributed by atoms with Gasteiger partial charge < -0.3 is 10.1 Å². The fraction of sp³-hybridized carbons (Fsp3) is 0.143. The number of anilines is 1. The summed E-state index contributed by atoms with van der Waals surface area (Å²) in [6, 6.07) is 10.9. The van der Waals surface area contributed by atoms with Gasteiger partial charge in [-0.2, -0.15) is 5.10 Å². The summed E-state index contributed by atoms with van der Waals surface area (Å²) >= 11 is 7.18. The molecule has 0 saturated carbocycles. The lowest BCUT2D eigenvalue weighted by Gasteiger charge is -2.03. The van der Waals surface area contributed by atoms with Crippen molar-refractivity contribution in [3.05, 3.63) is 75.0 Å². The topological polar surface area (TPSA) is 92.8 Å². The van der Waals surface area contributed by atoms with E-state index in [0.717, 1.165) is 16.8 Å². The van der Waals surface area contributed by atoms with Crippen molar-refractivity contribution in [2.24, 2.45) is 0 Å². The summed E-state index contributed by atoms with van der Waals surface area (Å²) in [6.45, 7) is 3.98. The van der Waals surface area contributed by atoms with Gasteiger partial charge in [-0.3, -0.25) is 14.9 Å². The zero-order chi connectivity index (χ0) is 21.1. The molecule has 0 aliphatic rings. The maximum atomic E-state index is 12.8. The van der Waals surface area contributed by atoms with Crippen LogP contribution in [0.3, 0.4) is 0 Å². The van der Waals surface area contributed by atoms with E-state index in [1.54, 1.807) is 43.6 Å². The maximum Gasteiger partial charge on any atom is 0.268 e. The van der Waals surface area contributed by atoms with Gasteiger partial charge in [-0.1, -0.05) is 11.6 Å². The number of halogens is 1. The molecule has 0 spiro atoms. The molecule has 1 amide bonds. The minimum atomic E-state index is -0.251. The summed E-state index contributed by atoms with van der Waals surface area (Å²) in [5.41, 5.74) is 3.29. The van der Waals surface area contributed by atoms with Gasteiger partial charge in [0, 0.05) is 28.5 Å². The van der Waals surface area contributed by atoms with Crippen molar-refractivity contribution >= 4 is 34.7 Å². The second kappa shape index (κ2) is 8.64. The smallest absolute Gasteiger partial charge is 0.268 e. The second-order valence-corrected chi connectivity index (χ2v) is 8.05. The highest BCUT2D eigenvalue weighted by atomic mass is 35.5. The molecule has 30 heavy (non-hydrogen) atoms. The van der Waals surface area contributed by atoms with E-state index in [1.807, 2.05) is 19.1 Å². The molecular formula is C21H18ClN5O2S. The van der Waals surface area contributed by atoms with Gasteiger partial charge in [0.15, 0.2) is 5.82 Å². The second-order valence-electron chi connectivity index (χ2n) is 6.53. The Morgan fingerprint density at radius 3 is 2.63 bits per heavy atom. The first-order chi connectivity index (χ1) is 14.5. The van der Waals surface area contributed by atoms with Crippen LogP contribution in [0.2, 0.25) is 5.02 Å². The van der Waals surface area contributed by atoms with Crippen molar-refractivity contribution in [2.45, 2.75) is 20.5 Å². The van der Waals surface area contributed by atoms with E-state index in [4.69, 9.17) is 16.3 Å². The van der Waals surface area contributed by atoms with E-state index < -0.39 is 0 Å². The highest BCUT2D eigenvalue weighted by molar-refractivity contribution is 7.13. The largest absolute Gasteiger partial charge is 0.486 e. The molecular weight excluding hydrogens is 422 g/mol. The van der Waals surface area contributed by atoms with Gasteiger partial charge in [0.2, 0.25) is 0 Å². The van der Waals surface area contributed by atoms with Crippen LogP contribution in [0.1, 0.15) is 25.9 Å². The Bertz CT molecular complexity index is 1170. The summed E-state index contributed by atoms with van der Waals surface area (Å²) in [4.78, 5) is 21.8. The summed E-state index contributed by atoms with van der Waals surface area (Å²) in [7, 11) is 0. The molecule has 1 aromatic carbocycles. The van der Waals surface area contributed by atoms with Crippen LogP contribution in [0.5, 0.6) is 5.75 Å². The summed E-state index contributed by atoms with van der Waals surface area (Å²) in [5.74, 6) is 0.922. The lowest BCUT2D eigenvalue weighted by Crippen LogP contribution is -2.12. The molecule has 152 valence electrons. The molecule has 0 saturated heterocycles. The zero-order valence-electron chi connectivity index (χ0n) is 16.3. The minimum absolute atomic E-state index is 0.251. The van der Waals surface area contributed by atoms with Crippen molar-refractivity contribution in [1.82, 2.24) is 20.2 Å². The van der Waals surface area contributed by atoms with Gasteiger partial charge in [-0.25, -0.2) is 4.98 Å². The predicted molar refractivity (Wildman–Crippen MR) is 117 cm³/mol. The third kappa shape index (κ3) is 4.34. The number of rotatable bonds is 6. The number of aromatic nitrogens is 4. The Morgan fingerprint density at radius 1 is 1.17 bits per heavy atom. The molecule has 9 heteroatoms. The Morgan fingerprint density at radius 2 is 1.90 bits per heavy atom. The SMILES string of the molecule is Cc1nc(COc2ccc(Cl)cc2)sc1C(=O)Nc1n[nH]c(-c2ccncc2)c1C. The van der Waals surface area contributed by atoms with Crippen molar-refractivity contribution in [3.8, 4) is 17.0 Å². The Kier molecular flexibility index (Phi) is 5.78. The normalized spacial score (nSPS) is 10.8. The van der Waals surface area contributed by atoms with Gasteiger partial charge in [-0.05, 0) is 50.2 Å². The summed E-state index contributed by atoms with van der Waals surface area (Å²) in [5, 5.41) is 11.5. The standard InChI is InChI=1S/C21H18ClN5O2S/c1-12-18(14-7-9-23-10-8-14)26-27-20(12)25-21(28)19-13(2)24-17(30-19)11-29-16-5-3-15(22)4-6-16/h3-10H,11H2,1-2H3,(H2,25,26,27,28). The maximum absolute atomic E-state index is 12.8. The zero-order valence-corrected chi connectivity index (χ0v) is 17.8. The molecule has 0 bridgehead atoms. The molecule has 0 aliphatic heterocycles. The molecule has 0 aliphatic carbocycles. The van der Waals surface area contributed by atoms with E-state index in [2.05, 4.69) is 25.5 Å². The number of amides is 1. The summed E-state index contributed by atoms with van der Waals surface area (Å²) in [6.07, 6.45) is 3.42. The van der Waals surface area contributed by atoms with Gasteiger partial charge >= 0.3 is 0 Å². The number of pyridine rings is 1. The molecule has 0 unspecified atom stereocenters. The fourth-order valence-corrected chi connectivity index (χ4v) is 3.88. The number of thiazole rings is 1. The monoisotopic (exact) mass is 439 g/mol. The van der Waals surface area contributed by atoms with Crippen LogP contribution in [0.15, 0.2) is 48.8 Å². The number of ether oxygens (including phenoxy) is 1.